The molecule has 0 saturated heterocycles. The molecule has 0 aromatic carbocycles. The molecule has 5 heteroatoms. The lowest BCUT2D eigenvalue weighted by Gasteiger charge is -2.30. The van der Waals surface area contributed by atoms with Crippen LogP contribution in [0, 0.1) is 0 Å². The lowest BCUT2D eigenvalue weighted by Crippen LogP contribution is -2.35. The van der Waals surface area contributed by atoms with Crippen LogP contribution >= 0.6 is 0 Å². The van der Waals surface area contributed by atoms with E-state index in [0.717, 1.165) is 0 Å². The highest BCUT2D eigenvalue weighted by atomic mass is 19.3. The van der Waals surface area contributed by atoms with Crippen LogP contribution in [0.15, 0.2) is 12.3 Å². The number of halogens is 2. The maximum atomic E-state index is 12.3. The maximum Gasteiger partial charge on any atom is 0.333 e. The van der Waals surface area contributed by atoms with Gasteiger partial charge in [0.2, 0.25) is 0 Å². The van der Waals surface area contributed by atoms with Gasteiger partial charge in [0.25, 0.3) is 0 Å². The van der Waals surface area contributed by atoms with E-state index in [1.54, 1.807) is 6.07 Å². The average molecular weight is 203 g/mol. The summed E-state index contributed by atoms with van der Waals surface area (Å²) in [6, 6.07) is 1.62. The number of alkyl halides is 2. The number of hydrogen-bond donors (Lipinski definition) is 0. The van der Waals surface area contributed by atoms with Crippen molar-refractivity contribution >= 4 is 0 Å². The zero-order valence-electron chi connectivity index (χ0n) is 8.83. The number of hydrogen-bond acceptors (Lipinski definition) is 2. The Bertz CT molecular complexity index is 305. The summed E-state index contributed by atoms with van der Waals surface area (Å²) in [5, 5.41) is 3.83. The van der Waals surface area contributed by atoms with Crippen LogP contribution in [0.5, 0.6) is 0 Å². The van der Waals surface area contributed by atoms with Crippen molar-refractivity contribution < 1.29 is 8.78 Å². The van der Waals surface area contributed by atoms with Crippen LogP contribution in [0.4, 0.5) is 8.78 Å². The molecule has 80 valence electrons. The molecule has 0 unspecified atom stereocenters. The summed E-state index contributed by atoms with van der Waals surface area (Å²) < 4.78 is 25.2. The molecule has 0 amide bonds. The molecule has 0 atom stereocenters. The first kappa shape index (κ1) is 11.1. The Labute approximate surface area is 82.3 Å². The van der Waals surface area contributed by atoms with Crippen LogP contribution in [0.1, 0.15) is 26.1 Å². The first-order valence-corrected chi connectivity index (χ1v) is 4.37. The molecule has 0 fully saturated rings. The van der Waals surface area contributed by atoms with Gasteiger partial charge >= 0.3 is 6.55 Å². The fourth-order valence-corrected chi connectivity index (χ4v) is 1.00. The standard InChI is InChI=1S/C9H15F2N3/c1-9(2,13(3)4)7-5-6-14(12-7)8(10)11/h5-6,8H,1-4H3. The van der Waals surface area contributed by atoms with Gasteiger partial charge in [-0.05, 0) is 34.0 Å². The molecular weight excluding hydrogens is 188 g/mol. The fraction of sp³-hybridized carbons (Fsp3) is 0.667. The number of rotatable bonds is 3. The summed E-state index contributed by atoms with van der Waals surface area (Å²) in [7, 11) is 3.78. The molecule has 1 rings (SSSR count). The predicted octanol–water partition coefficient (Wildman–Crippen LogP) is 2.07. The highest BCUT2D eigenvalue weighted by molar-refractivity contribution is 5.10. The summed E-state index contributed by atoms with van der Waals surface area (Å²) in [4.78, 5) is 1.94. The van der Waals surface area contributed by atoms with Gasteiger partial charge in [0.15, 0.2) is 0 Å². The highest BCUT2D eigenvalue weighted by Crippen LogP contribution is 2.24. The molecule has 0 aliphatic heterocycles. The molecule has 0 N–H and O–H groups in total. The Kier molecular flexibility index (Phi) is 2.89. The van der Waals surface area contributed by atoms with E-state index in [9.17, 15) is 8.78 Å². The van der Waals surface area contributed by atoms with Gasteiger partial charge in [0.1, 0.15) is 0 Å². The van der Waals surface area contributed by atoms with Gasteiger partial charge in [0, 0.05) is 6.20 Å². The van der Waals surface area contributed by atoms with Gasteiger partial charge in [-0.15, -0.1) is 0 Å². The summed E-state index contributed by atoms with van der Waals surface area (Å²) >= 11 is 0. The Hall–Kier alpha value is -0.970. The van der Waals surface area contributed by atoms with Crippen LogP contribution in [-0.4, -0.2) is 28.8 Å². The number of aromatic nitrogens is 2. The molecule has 1 aromatic rings. The molecule has 0 bridgehead atoms. The molecule has 1 aromatic heterocycles. The minimum Gasteiger partial charge on any atom is -0.299 e. The monoisotopic (exact) mass is 203 g/mol. The molecule has 3 nitrogen and oxygen atoms in total. The summed E-state index contributed by atoms with van der Waals surface area (Å²) in [5.41, 5.74) is 0.308. The van der Waals surface area contributed by atoms with Crippen LogP contribution in [0.2, 0.25) is 0 Å². The average Bonchev–Trinajstić information content (AvgIpc) is 2.51. The quantitative estimate of drug-likeness (QED) is 0.749. The zero-order valence-corrected chi connectivity index (χ0v) is 8.83. The topological polar surface area (TPSA) is 21.1 Å². The van der Waals surface area contributed by atoms with Gasteiger partial charge in [-0.1, -0.05) is 0 Å². The van der Waals surface area contributed by atoms with Gasteiger partial charge in [-0.3, -0.25) is 4.90 Å². The lowest BCUT2D eigenvalue weighted by atomic mass is 10.00. The minimum absolute atomic E-state index is 0.333. The molecule has 0 saturated carbocycles. The second-order valence-corrected chi connectivity index (χ2v) is 3.91. The van der Waals surface area contributed by atoms with Crippen molar-refractivity contribution in [2.24, 2.45) is 0 Å². The van der Waals surface area contributed by atoms with E-state index < -0.39 is 6.55 Å². The highest BCUT2D eigenvalue weighted by Gasteiger charge is 2.26. The lowest BCUT2D eigenvalue weighted by molar-refractivity contribution is 0.0545. The van der Waals surface area contributed by atoms with Crippen molar-refractivity contribution in [2.45, 2.75) is 25.9 Å². The molecule has 1 heterocycles. The Morgan fingerprint density at radius 3 is 2.36 bits per heavy atom. The van der Waals surface area contributed by atoms with Crippen molar-refractivity contribution in [1.82, 2.24) is 14.7 Å². The van der Waals surface area contributed by atoms with Gasteiger partial charge < -0.3 is 0 Å². The van der Waals surface area contributed by atoms with Crippen molar-refractivity contribution in [3.8, 4) is 0 Å². The Morgan fingerprint density at radius 2 is 2.00 bits per heavy atom. The zero-order chi connectivity index (χ0) is 10.9. The van der Waals surface area contributed by atoms with E-state index in [0.29, 0.717) is 10.4 Å². The van der Waals surface area contributed by atoms with E-state index in [1.807, 2.05) is 32.8 Å². The molecular formula is C9H15F2N3. The van der Waals surface area contributed by atoms with Crippen LogP contribution in [-0.2, 0) is 5.54 Å². The van der Waals surface area contributed by atoms with Crippen molar-refractivity contribution in [3.63, 3.8) is 0 Å². The largest absolute Gasteiger partial charge is 0.333 e. The van der Waals surface area contributed by atoms with E-state index in [2.05, 4.69) is 5.10 Å². The van der Waals surface area contributed by atoms with Crippen molar-refractivity contribution in [3.05, 3.63) is 18.0 Å². The SMILES string of the molecule is CN(C)C(C)(C)c1ccn(C(F)F)n1. The van der Waals surface area contributed by atoms with Gasteiger partial charge in [-0.25, -0.2) is 4.68 Å². The smallest absolute Gasteiger partial charge is 0.299 e. The first-order chi connectivity index (χ1) is 6.35. The normalized spacial score (nSPS) is 12.9. The van der Waals surface area contributed by atoms with E-state index in [-0.39, 0.29) is 5.54 Å². The third-order valence-electron chi connectivity index (χ3n) is 2.55. The summed E-state index contributed by atoms with van der Waals surface area (Å²) in [6.07, 6.45) is 1.30. The second-order valence-electron chi connectivity index (χ2n) is 3.91. The van der Waals surface area contributed by atoms with Gasteiger partial charge in [0.05, 0.1) is 11.2 Å². The molecule has 0 spiro atoms. The van der Waals surface area contributed by atoms with Crippen molar-refractivity contribution in [1.29, 1.82) is 0 Å². The third kappa shape index (κ3) is 1.92. The predicted molar refractivity (Wildman–Crippen MR) is 50.2 cm³/mol. The second kappa shape index (κ2) is 3.65. The summed E-state index contributed by atoms with van der Waals surface area (Å²) in [5.74, 6) is 0. The van der Waals surface area contributed by atoms with E-state index in [1.165, 1.54) is 6.20 Å². The van der Waals surface area contributed by atoms with Crippen LogP contribution < -0.4 is 0 Å². The third-order valence-corrected chi connectivity index (χ3v) is 2.55. The van der Waals surface area contributed by atoms with Crippen LogP contribution in [0.25, 0.3) is 0 Å². The number of nitrogens with zero attached hydrogens (tertiary/aromatic N) is 3. The van der Waals surface area contributed by atoms with Crippen LogP contribution in [0.3, 0.4) is 0 Å². The maximum absolute atomic E-state index is 12.3. The van der Waals surface area contributed by atoms with Crippen molar-refractivity contribution in [2.75, 3.05) is 14.1 Å². The first-order valence-electron chi connectivity index (χ1n) is 4.37. The Morgan fingerprint density at radius 1 is 1.43 bits per heavy atom. The fourth-order valence-electron chi connectivity index (χ4n) is 1.00. The summed E-state index contributed by atoms with van der Waals surface area (Å²) in [6.45, 7) is 1.30. The van der Waals surface area contributed by atoms with Gasteiger partial charge in [-0.2, -0.15) is 13.9 Å². The molecule has 14 heavy (non-hydrogen) atoms. The van der Waals surface area contributed by atoms with E-state index >= 15 is 0 Å². The minimum atomic E-state index is -2.57. The Balaban J connectivity index is 2.97. The molecule has 0 aliphatic carbocycles. The molecule has 0 radical (unpaired) electrons. The molecule has 0 aliphatic rings. The van der Waals surface area contributed by atoms with E-state index in [4.69, 9.17) is 0 Å².